The maximum Gasteiger partial charge on any atom is 0.243 e. The Morgan fingerprint density at radius 3 is 1.32 bits per heavy atom. The Morgan fingerprint density at radius 2 is 0.901 bits per heavy atom. The largest absolute Gasteiger partial charge is 0.360 e. The summed E-state index contributed by atoms with van der Waals surface area (Å²) in [6, 6.07) is 15.5. The molecule has 26 heteroatoms. The van der Waals surface area contributed by atoms with E-state index in [9.17, 15) is 14.4 Å². The fourth-order valence-corrected chi connectivity index (χ4v) is 19.3. The van der Waals surface area contributed by atoms with Crippen LogP contribution >= 0.6 is 22.6 Å². The number of aromatic amines is 4. The normalized spacial score (nSPS) is 16.0. The molecule has 0 saturated heterocycles. The standard InChI is InChI=1S/C30H38N6O2Si.C26H36N4O2Si.C24H24N6O.C4H3IN2.CH4/c1-6-30(7-2)23-16-24-22(15-25(23)36(29(30)37)26-17-31-11-12-32-26)21-10-8-9-20-18-35(34-27(20)28(21)33-24)19-38-13-14-39(3,4)5;1-6-26(7-2)20-14-21-19(13-22(20)28-25(26)31)18-10-8-9-17-15-30(29-23(17)24(18)27-21)16-32-11-12-33(3,4)5;1-3-24(4-2)17-11-18-16(10-19(17)30(23(24)31)20-13-25-8-9-26-20)15-7-5-6-14-12-27-29-21(14)22(15)28-18;5-4-3-6-1-2-7-4;/h11-12,15-18,33H,6-10,13-14,19H2,1-5H3;13-15,27H,6-12,16H2,1-5H3,(H,28,31);8-13,28H,3-7H2,1-2H3,(H,27,29);1-3H;1H4. The highest BCUT2D eigenvalue weighted by Gasteiger charge is 2.52. The summed E-state index contributed by atoms with van der Waals surface area (Å²) in [7, 11) is -2.22. The van der Waals surface area contributed by atoms with Crippen molar-refractivity contribution in [1.29, 1.82) is 0 Å². The van der Waals surface area contributed by atoms with Crippen LogP contribution in [-0.2, 0) is 92.1 Å². The quantitative estimate of drug-likeness (QED) is 0.0304. The minimum Gasteiger partial charge on any atom is -0.360 e. The molecule has 18 rings (SSSR count). The molecule has 0 spiro atoms. The molecule has 23 nitrogen and oxygen atoms in total. The van der Waals surface area contributed by atoms with Gasteiger partial charge in [-0.05, 0) is 217 Å². The van der Waals surface area contributed by atoms with Crippen molar-refractivity contribution in [2.24, 2.45) is 0 Å². The number of H-pyrrole nitrogens is 4. The highest BCUT2D eigenvalue weighted by molar-refractivity contribution is 14.1. The van der Waals surface area contributed by atoms with Crippen molar-refractivity contribution >= 4 is 118 Å². The van der Waals surface area contributed by atoms with Gasteiger partial charge in [0.15, 0.2) is 11.6 Å². The number of carbonyl (C=O) groups excluding carboxylic acids is 3. The van der Waals surface area contributed by atoms with Crippen LogP contribution in [0.1, 0.15) is 157 Å². The summed E-state index contributed by atoms with van der Waals surface area (Å²) >= 11 is 2.11. The lowest BCUT2D eigenvalue weighted by atomic mass is 9.76. The zero-order valence-corrected chi connectivity index (χ0v) is 69.6. The van der Waals surface area contributed by atoms with Crippen molar-refractivity contribution in [1.82, 2.24) is 74.6 Å². The van der Waals surface area contributed by atoms with Crippen LogP contribution in [0.25, 0.3) is 66.9 Å². The van der Waals surface area contributed by atoms with Crippen molar-refractivity contribution in [3.8, 4) is 34.2 Å². The number of benzene rings is 3. The van der Waals surface area contributed by atoms with E-state index in [2.05, 4.69) is 213 Å². The molecule has 0 bridgehead atoms. The lowest BCUT2D eigenvalue weighted by molar-refractivity contribution is -0.123. The third-order valence-corrected chi connectivity index (χ3v) is 27.9. The number of fused-ring (bicyclic) bond motifs is 18. The van der Waals surface area contributed by atoms with E-state index in [1.807, 2.05) is 15.6 Å². The van der Waals surface area contributed by atoms with E-state index in [-0.39, 0.29) is 25.1 Å². The number of hydrogen-bond donors (Lipinski definition) is 5. The van der Waals surface area contributed by atoms with E-state index in [1.54, 1.807) is 65.6 Å². The van der Waals surface area contributed by atoms with Crippen molar-refractivity contribution in [2.75, 3.05) is 28.3 Å². The van der Waals surface area contributed by atoms with Crippen molar-refractivity contribution in [3.05, 3.63) is 165 Å². The topological polar surface area (TPSA) is 277 Å². The Morgan fingerprint density at radius 1 is 0.477 bits per heavy atom. The predicted molar refractivity (Wildman–Crippen MR) is 454 cm³/mol. The highest BCUT2D eigenvalue weighted by Crippen LogP contribution is 2.54. The van der Waals surface area contributed by atoms with Gasteiger partial charge in [0.1, 0.15) is 28.6 Å². The monoisotopic (exact) mass is 1640 g/mol. The molecule has 111 heavy (non-hydrogen) atoms. The number of nitrogens with zero attached hydrogens (tertiary/aromatic N) is 13. The van der Waals surface area contributed by atoms with Crippen LogP contribution < -0.4 is 15.1 Å². The number of aromatic nitrogens is 15. The average molecular weight is 1640 g/mol. The smallest absolute Gasteiger partial charge is 0.243 e. The molecule has 0 atom stereocenters. The van der Waals surface area contributed by atoms with E-state index >= 15 is 0 Å². The molecule has 0 unspecified atom stereocenters. The molecule has 3 amide bonds. The van der Waals surface area contributed by atoms with Gasteiger partial charge in [0.2, 0.25) is 17.7 Å². The van der Waals surface area contributed by atoms with Gasteiger partial charge >= 0.3 is 0 Å². The molecule has 0 fully saturated rings. The molecule has 9 aromatic heterocycles. The minimum atomic E-state index is -1.12. The average Bonchev–Trinajstić information content (AvgIpc) is 1.58. The number of aryl methyl sites for hydroxylation is 6. The van der Waals surface area contributed by atoms with E-state index in [4.69, 9.17) is 19.7 Å². The van der Waals surface area contributed by atoms with E-state index < -0.39 is 32.4 Å². The number of carbonyl (C=O) groups is 3. The number of rotatable bonds is 18. The Bertz CT molecular complexity index is 5410. The van der Waals surface area contributed by atoms with Crippen LogP contribution in [0.4, 0.5) is 28.7 Å². The van der Waals surface area contributed by atoms with Crippen LogP contribution in [0.5, 0.6) is 0 Å². The predicted octanol–water partition coefficient (Wildman–Crippen LogP) is 18.5. The summed E-state index contributed by atoms with van der Waals surface area (Å²) < 4.78 is 16.8. The van der Waals surface area contributed by atoms with Gasteiger partial charge in [0, 0.05) is 117 Å². The zero-order valence-electron chi connectivity index (χ0n) is 65.5. The summed E-state index contributed by atoms with van der Waals surface area (Å²) in [5.41, 5.74) is 22.0. The highest BCUT2D eigenvalue weighted by atomic mass is 127. The lowest BCUT2D eigenvalue weighted by Crippen LogP contribution is -2.37. The maximum atomic E-state index is 13.9. The van der Waals surface area contributed by atoms with Gasteiger partial charge in [-0.3, -0.25) is 44.2 Å². The van der Waals surface area contributed by atoms with Gasteiger partial charge in [-0.1, -0.05) is 88.3 Å². The second-order valence-electron chi connectivity index (χ2n) is 32.6. The second kappa shape index (κ2) is 31.7. The molecular weight excluding hydrogens is 1540 g/mol. The summed E-state index contributed by atoms with van der Waals surface area (Å²) in [5, 5.41) is 24.1. The Labute approximate surface area is 665 Å². The first-order valence-corrected chi connectivity index (χ1v) is 47.9. The van der Waals surface area contributed by atoms with Crippen LogP contribution in [-0.4, -0.2) is 122 Å². The summed E-state index contributed by atoms with van der Waals surface area (Å²) in [5.74, 6) is 1.45. The Balaban J connectivity index is 0.000000132. The van der Waals surface area contributed by atoms with Gasteiger partial charge in [0.05, 0.1) is 75.2 Å². The Hall–Kier alpha value is -9.36. The molecule has 0 radical (unpaired) electrons. The first-order chi connectivity index (χ1) is 53.1. The number of nitrogens with one attached hydrogen (secondary N) is 5. The van der Waals surface area contributed by atoms with Crippen molar-refractivity contribution < 1.29 is 23.9 Å². The molecule has 12 heterocycles. The van der Waals surface area contributed by atoms with Crippen LogP contribution in [0.3, 0.4) is 0 Å². The third-order valence-electron chi connectivity index (χ3n) is 23.9. The second-order valence-corrected chi connectivity index (χ2v) is 44.9. The zero-order chi connectivity index (χ0) is 77.0. The van der Waals surface area contributed by atoms with Gasteiger partial charge in [-0.2, -0.15) is 15.3 Å². The summed E-state index contributed by atoms with van der Waals surface area (Å²) in [6.07, 6.45) is 34.9. The fourth-order valence-electron chi connectivity index (χ4n) is 17.5. The van der Waals surface area contributed by atoms with Crippen molar-refractivity contribution in [2.45, 2.75) is 226 Å². The maximum absolute atomic E-state index is 13.9. The number of ether oxygens (including phenoxy) is 2. The van der Waals surface area contributed by atoms with E-state index in [0.717, 1.165) is 209 Å². The number of anilines is 5. The van der Waals surface area contributed by atoms with E-state index in [1.165, 1.54) is 50.2 Å². The minimum absolute atomic E-state index is 0. The molecule has 5 N–H and O–H groups in total. The van der Waals surface area contributed by atoms with Gasteiger partial charge in [-0.15, -0.1) is 0 Å². The molecule has 12 aromatic rings. The van der Waals surface area contributed by atoms with Gasteiger partial charge < -0.3 is 29.7 Å². The lowest BCUT2D eigenvalue weighted by Gasteiger charge is -2.25. The molecule has 3 aromatic carbocycles. The molecule has 0 saturated carbocycles. The molecular formula is C85H105IN18O5Si2. The van der Waals surface area contributed by atoms with Gasteiger partial charge in [0.25, 0.3) is 0 Å². The molecule has 580 valence electrons. The molecule has 6 aliphatic rings. The summed E-state index contributed by atoms with van der Waals surface area (Å²) in [4.78, 5) is 80.3. The first kappa shape index (κ1) is 78.3. The number of amides is 3. The number of halogens is 1. The fraction of sp³-hybridized carbons (Fsp3) is 0.435. The van der Waals surface area contributed by atoms with Gasteiger partial charge in [-0.25, -0.2) is 24.3 Å². The first-order valence-electron chi connectivity index (χ1n) is 39.4. The van der Waals surface area contributed by atoms with Crippen molar-refractivity contribution in [3.63, 3.8) is 0 Å². The SMILES string of the molecule is C.CCC1(CC)C(=O)N(c2cnccn2)c2cc3c4c([nH]c3cc21)-c1[nH]ncc1CCC4.CCC1(CC)C(=O)N(c2cnccn2)c2cc3c4c([nH]c3cc21)-c1nn(COCC[Si](C)(C)C)cc1CCC4.CCC1(CC)C(=O)Nc2cc3c4c([nH]c3cc21)-c1nn(COCC[Si](C)(C)C)cc1CCC4.Ic1cnccn1. The number of hydrogen-bond acceptors (Lipinski definition) is 14. The van der Waals surface area contributed by atoms with Crippen LogP contribution in [0, 0.1) is 3.70 Å². The molecule has 3 aliphatic carbocycles. The van der Waals surface area contributed by atoms with Crippen LogP contribution in [0.2, 0.25) is 51.4 Å². The third kappa shape index (κ3) is 14.4. The van der Waals surface area contributed by atoms with Crippen LogP contribution in [0.15, 0.2) is 111 Å². The van der Waals surface area contributed by atoms with E-state index in [0.29, 0.717) is 25.1 Å². The summed E-state index contributed by atoms with van der Waals surface area (Å²) in [6.45, 7) is 29.4. The Kier molecular flexibility index (Phi) is 22.3. The molecule has 3 aliphatic heterocycles.